The van der Waals surface area contributed by atoms with Crippen LogP contribution in [-0.4, -0.2) is 11.0 Å². The zero-order valence-corrected chi connectivity index (χ0v) is 11.2. The Morgan fingerprint density at radius 2 is 1.95 bits per heavy atom. The van der Waals surface area contributed by atoms with Crippen LogP contribution in [0.2, 0.25) is 0 Å². The molecule has 0 unspecified atom stereocenters. The number of nitrogens with zero attached hydrogens (tertiary/aromatic N) is 1. The summed E-state index contributed by atoms with van der Waals surface area (Å²) in [5, 5.41) is 1.82. The van der Waals surface area contributed by atoms with Gasteiger partial charge in [0.05, 0.1) is 0 Å². The molecular weight excluding hydrogens is 265 g/mol. The fraction of sp³-hybridized carbons (Fsp3) is 0.154. The first kappa shape index (κ1) is 13.5. The van der Waals surface area contributed by atoms with Gasteiger partial charge in [-0.05, 0) is 11.5 Å². The first-order valence-electron chi connectivity index (χ1n) is 5.74. The van der Waals surface area contributed by atoms with Crippen LogP contribution < -0.4 is 4.84 Å². The Labute approximate surface area is 111 Å². The van der Waals surface area contributed by atoms with Crippen LogP contribution in [0.5, 0.6) is 5.75 Å². The minimum Gasteiger partial charge on any atom is -0.361 e. The topological polar surface area (TPSA) is 55.8 Å². The van der Waals surface area contributed by atoms with Gasteiger partial charge in [0.2, 0.25) is 0 Å². The van der Waals surface area contributed by atoms with Gasteiger partial charge in [0.1, 0.15) is 5.00 Å². The maximum Gasteiger partial charge on any atom is 0.330 e. The summed E-state index contributed by atoms with van der Waals surface area (Å²) in [6.45, 7) is 1.64. The van der Waals surface area contributed by atoms with Crippen molar-refractivity contribution in [2.45, 2.75) is 13.3 Å². The number of hydrogen-bond donors (Lipinski definition) is 0. The fourth-order valence-corrected chi connectivity index (χ4v) is 1.81. The van der Waals surface area contributed by atoms with Crippen LogP contribution in [0.3, 0.4) is 0 Å². The van der Waals surface area contributed by atoms with Crippen molar-refractivity contribution in [3.63, 3.8) is 0 Å². The molecule has 0 fully saturated rings. The molecule has 0 saturated carbocycles. The Morgan fingerprint density at radius 3 is 2.68 bits per heavy atom. The molecule has 6 heteroatoms. The summed E-state index contributed by atoms with van der Waals surface area (Å²) in [6.07, 6.45) is 0.172. The molecule has 0 amide bonds. The minimum atomic E-state index is -0.553. The van der Waals surface area contributed by atoms with E-state index >= 15 is 0 Å². The lowest BCUT2D eigenvalue weighted by atomic mass is 10.1. The van der Waals surface area contributed by atoms with Gasteiger partial charge in [-0.25, -0.2) is 4.57 Å². The molecule has 0 spiro atoms. The van der Waals surface area contributed by atoms with E-state index in [1.54, 1.807) is 19.1 Å². The van der Waals surface area contributed by atoms with Crippen LogP contribution in [0.15, 0.2) is 42.5 Å². The van der Waals surface area contributed by atoms with Gasteiger partial charge in [0.15, 0.2) is 5.75 Å². The predicted molar refractivity (Wildman–Crippen MR) is 70.4 cm³/mol. The summed E-state index contributed by atoms with van der Waals surface area (Å²) >= 11 is 0. The van der Waals surface area contributed by atoms with Crippen molar-refractivity contribution in [2.75, 3.05) is 0 Å². The Balaban J connectivity index is 2.24. The van der Waals surface area contributed by atoms with Crippen molar-refractivity contribution in [3.8, 4) is 5.75 Å². The normalized spacial score (nSPS) is 10.8. The second-order valence-electron chi connectivity index (χ2n) is 3.70. The Bertz CT molecular complexity index is 597. The monoisotopic (exact) mass is 277 g/mol. The SMILES string of the molecule is CCC(=O)ON(Oc1cccc2ccccc12)P=O. The van der Waals surface area contributed by atoms with Crippen molar-refractivity contribution < 1.29 is 19.0 Å². The molecule has 0 bridgehead atoms. The van der Waals surface area contributed by atoms with Gasteiger partial charge < -0.3 is 9.68 Å². The molecule has 0 aliphatic rings. The van der Waals surface area contributed by atoms with Crippen molar-refractivity contribution in [1.29, 1.82) is 0 Å². The lowest BCUT2D eigenvalue weighted by Crippen LogP contribution is -2.21. The van der Waals surface area contributed by atoms with Gasteiger partial charge in [0.25, 0.3) is 0 Å². The van der Waals surface area contributed by atoms with E-state index in [-0.39, 0.29) is 6.42 Å². The summed E-state index contributed by atoms with van der Waals surface area (Å²) in [7, 11) is -0.553. The van der Waals surface area contributed by atoms with E-state index in [2.05, 4.69) is 0 Å². The third-order valence-corrected chi connectivity index (χ3v) is 2.76. The molecule has 2 aromatic carbocycles. The molecule has 0 N–H and O–H groups in total. The summed E-state index contributed by atoms with van der Waals surface area (Å²) < 4.78 is 10.9. The Morgan fingerprint density at radius 1 is 1.21 bits per heavy atom. The summed E-state index contributed by atoms with van der Waals surface area (Å²) in [4.78, 5) is 21.8. The van der Waals surface area contributed by atoms with Gasteiger partial charge in [-0.2, -0.15) is 0 Å². The Hall–Kier alpha value is -1.97. The van der Waals surface area contributed by atoms with Gasteiger partial charge in [-0.3, -0.25) is 4.79 Å². The molecule has 98 valence electrons. The molecule has 2 rings (SSSR count). The zero-order chi connectivity index (χ0) is 13.7. The molecule has 0 aliphatic carbocycles. The van der Waals surface area contributed by atoms with E-state index in [9.17, 15) is 9.36 Å². The standard InChI is InChI=1S/C13H12NO4P/c1-2-13(15)18-14(19-16)17-12-9-5-7-10-6-3-4-8-11(10)12/h3-9H,2H2,1H3. The second kappa shape index (κ2) is 6.27. The molecule has 0 saturated heterocycles. The predicted octanol–water partition coefficient (Wildman–Crippen LogP) is 3.51. The van der Waals surface area contributed by atoms with Crippen LogP contribution in [0, 0.1) is 0 Å². The Kier molecular flexibility index (Phi) is 4.44. The number of fused-ring (bicyclic) bond motifs is 1. The summed E-state index contributed by atoms with van der Waals surface area (Å²) in [5.41, 5.74) is 0. The maximum absolute atomic E-state index is 11.1. The van der Waals surface area contributed by atoms with Crippen molar-refractivity contribution in [2.24, 2.45) is 0 Å². The molecule has 0 heterocycles. The highest BCUT2D eigenvalue weighted by atomic mass is 31.1. The summed E-state index contributed by atoms with van der Waals surface area (Å²) in [6, 6.07) is 13.0. The first-order chi connectivity index (χ1) is 9.24. The van der Waals surface area contributed by atoms with E-state index < -0.39 is 14.6 Å². The highest BCUT2D eigenvalue weighted by Gasteiger charge is 2.14. The van der Waals surface area contributed by atoms with E-state index in [1.807, 2.05) is 30.3 Å². The molecule has 2 aromatic rings. The van der Waals surface area contributed by atoms with Crippen LogP contribution >= 0.6 is 8.61 Å². The highest BCUT2D eigenvalue weighted by Crippen LogP contribution is 2.27. The largest absolute Gasteiger partial charge is 0.361 e. The number of carbonyl (C=O) groups excluding carboxylic acids is 1. The molecule has 19 heavy (non-hydrogen) atoms. The van der Waals surface area contributed by atoms with E-state index in [0.29, 0.717) is 10.7 Å². The first-order valence-corrected chi connectivity index (χ1v) is 6.51. The summed E-state index contributed by atoms with van der Waals surface area (Å²) in [5.74, 6) is -0.0612. The number of benzene rings is 2. The van der Waals surface area contributed by atoms with Crippen LogP contribution in [0.1, 0.15) is 13.3 Å². The lowest BCUT2D eigenvalue weighted by Gasteiger charge is -2.14. The van der Waals surface area contributed by atoms with Crippen molar-refractivity contribution >= 4 is 25.4 Å². The molecule has 0 atom stereocenters. The van der Waals surface area contributed by atoms with Crippen molar-refractivity contribution in [1.82, 2.24) is 5.00 Å². The average Bonchev–Trinajstić information content (AvgIpc) is 2.46. The number of rotatable bonds is 5. The number of carbonyl (C=O) groups is 1. The van der Waals surface area contributed by atoms with Crippen molar-refractivity contribution in [3.05, 3.63) is 42.5 Å². The van der Waals surface area contributed by atoms with E-state index in [0.717, 1.165) is 10.8 Å². The lowest BCUT2D eigenvalue weighted by molar-refractivity contribution is -0.234. The van der Waals surface area contributed by atoms with Gasteiger partial charge in [-0.1, -0.05) is 43.3 Å². The van der Waals surface area contributed by atoms with E-state index in [1.165, 1.54) is 0 Å². The van der Waals surface area contributed by atoms with Crippen LogP contribution in [0.25, 0.3) is 10.8 Å². The third-order valence-electron chi connectivity index (χ3n) is 2.46. The van der Waals surface area contributed by atoms with Gasteiger partial charge in [-0.15, -0.1) is 0 Å². The van der Waals surface area contributed by atoms with E-state index in [4.69, 9.17) is 9.68 Å². The third kappa shape index (κ3) is 3.28. The minimum absolute atomic E-state index is 0.172. The molecule has 5 nitrogen and oxygen atoms in total. The smallest absolute Gasteiger partial charge is 0.330 e. The van der Waals surface area contributed by atoms with Gasteiger partial charge in [0, 0.05) is 11.8 Å². The highest BCUT2D eigenvalue weighted by molar-refractivity contribution is 7.20. The quantitative estimate of drug-likeness (QED) is 0.618. The molecule has 0 aliphatic heterocycles. The molecule has 0 radical (unpaired) electrons. The van der Waals surface area contributed by atoms with Gasteiger partial charge >= 0.3 is 14.6 Å². The number of hydrogen-bond acceptors (Lipinski definition) is 4. The molecule has 0 aromatic heterocycles. The van der Waals surface area contributed by atoms with Crippen LogP contribution in [-0.2, 0) is 14.2 Å². The fourth-order valence-electron chi connectivity index (χ4n) is 1.56. The van der Waals surface area contributed by atoms with Crippen LogP contribution in [0.4, 0.5) is 0 Å². The maximum atomic E-state index is 11.1. The zero-order valence-electron chi connectivity index (χ0n) is 10.3. The molecular formula is C13H12NO4P. The second-order valence-corrected chi connectivity index (χ2v) is 4.19. The average molecular weight is 277 g/mol.